The summed E-state index contributed by atoms with van der Waals surface area (Å²) in [4.78, 5) is 18.1. The van der Waals surface area contributed by atoms with Gasteiger partial charge in [0, 0.05) is 24.2 Å². The van der Waals surface area contributed by atoms with Gasteiger partial charge < -0.3 is 28.7 Å². The Morgan fingerprint density at radius 2 is 1.71 bits per heavy atom. The largest absolute Gasteiger partial charge is 0.494 e. The first-order chi connectivity index (χ1) is 19.8. The average Bonchev–Trinajstić information content (AvgIpc) is 3.36. The minimum atomic E-state index is -0.828. The Bertz CT molecular complexity index is 1390. The van der Waals surface area contributed by atoms with E-state index in [1.165, 1.54) is 0 Å². The number of ether oxygens (including phenoxy) is 4. The summed E-state index contributed by atoms with van der Waals surface area (Å²) in [6.45, 7) is 15.7. The van der Waals surface area contributed by atoms with Crippen molar-refractivity contribution in [2.24, 2.45) is 0 Å². The number of ketones is 1. The van der Waals surface area contributed by atoms with E-state index in [0.717, 1.165) is 42.9 Å². The van der Waals surface area contributed by atoms with Crippen molar-refractivity contribution in [1.82, 2.24) is 4.90 Å². The van der Waals surface area contributed by atoms with Crippen LogP contribution in [0.5, 0.6) is 17.2 Å². The van der Waals surface area contributed by atoms with Crippen molar-refractivity contribution in [3.8, 4) is 17.2 Å². The predicted molar refractivity (Wildman–Crippen MR) is 161 cm³/mol. The number of methoxy groups -OCH3 is 1. The molecule has 2 bridgehead atoms. The molecule has 0 radical (unpaired) electrons. The molecule has 3 heterocycles. The molecular weight excluding hydrogens is 537 g/mol. The van der Waals surface area contributed by atoms with Crippen molar-refractivity contribution in [3.63, 3.8) is 0 Å². The normalized spacial score (nSPS) is 21.0. The number of carbonyl (C=O) groups excluding carboxylic acids is 1. The smallest absolute Gasteiger partial charge is 0.197 e. The molecule has 8 nitrogen and oxygen atoms in total. The summed E-state index contributed by atoms with van der Waals surface area (Å²) in [5.41, 5.74) is 2.00. The fraction of sp³-hybridized carbons (Fsp3) is 0.576. The maximum Gasteiger partial charge on any atom is 0.197 e. The van der Waals surface area contributed by atoms with E-state index in [2.05, 4.69) is 25.7 Å². The van der Waals surface area contributed by atoms with Crippen molar-refractivity contribution >= 4 is 17.3 Å². The van der Waals surface area contributed by atoms with Gasteiger partial charge in [0.25, 0.3) is 0 Å². The highest BCUT2D eigenvalue weighted by molar-refractivity contribution is 6.07. The highest BCUT2D eigenvalue weighted by Gasteiger charge is 2.45. The van der Waals surface area contributed by atoms with Crippen LogP contribution in [-0.2, 0) is 15.7 Å². The number of hydrogen-bond donors (Lipinski definition) is 1. The van der Waals surface area contributed by atoms with Gasteiger partial charge in [0.05, 0.1) is 55.9 Å². The minimum absolute atomic E-state index is 0.000852. The van der Waals surface area contributed by atoms with E-state index < -0.39 is 11.4 Å². The first kappa shape index (κ1) is 30.1. The van der Waals surface area contributed by atoms with Gasteiger partial charge in [-0.2, -0.15) is 0 Å². The summed E-state index contributed by atoms with van der Waals surface area (Å²) in [6.07, 6.45) is 2.42. The molecule has 0 spiro atoms. The lowest BCUT2D eigenvalue weighted by atomic mass is 9.84. The van der Waals surface area contributed by atoms with E-state index in [9.17, 15) is 4.79 Å². The standard InChI is InChI=1S/C33H44FN3O5/c1-9-40-26-15-22-27(28(34)30(26)41-10-2)31(35)37(33(22,6)7)18-25(38)19-13-23(32(3,4)5)29(39-8)24(14-19)36-16-20-11-12-21(17-36)42-20/h13-15,20-21,35H,9-12,16-18H2,1-8H3/t20-,21+. The number of nitrogens with zero attached hydrogens (tertiary/aromatic N) is 2. The van der Waals surface area contributed by atoms with E-state index in [1.54, 1.807) is 25.0 Å². The maximum absolute atomic E-state index is 15.9. The third-order valence-electron chi connectivity index (χ3n) is 8.71. The molecule has 0 amide bonds. The quantitative estimate of drug-likeness (QED) is 0.361. The average molecular weight is 582 g/mol. The van der Waals surface area contributed by atoms with Crippen LogP contribution in [0.1, 0.15) is 88.4 Å². The zero-order valence-electron chi connectivity index (χ0n) is 26.2. The number of Topliss-reactive ketones (excluding diaryl/α,β-unsaturated/α-hetero) is 1. The number of morpholine rings is 1. The predicted octanol–water partition coefficient (Wildman–Crippen LogP) is 6.06. The van der Waals surface area contributed by atoms with Crippen LogP contribution in [0.3, 0.4) is 0 Å². The highest BCUT2D eigenvalue weighted by Crippen LogP contribution is 2.47. The fourth-order valence-corrected chi connectivity index (χ4v) is 6.53. The molecule has 1 N–H and O–H groups in total. The monoisotopic (exact) mass is 581 g/mol. The van der Waals surface area contributed by atoms with Crippen LogP contribution in [0.15, 0.2) is 18.2 Å². The van der Waals surface area contributed by atoms with Gasteiger partial charge in [-0.25, -0.2) is 4.39 Å². The van der Waals surface area contributed by atoms with E-state index in [-0.39, 0.29) is 53.7 Å². The third kappa shape index (κ3) is 5.10. The van der Waals surface area contributed by atoms with Gasteiger partial charge >= 0.3 is 0 Å². The van der Waals surface area contributed by atoms with E-state index in [4.69, 9.17) is 24.4 Å². The van der Waals surface area contributed by atoms with Gasteiger partial charge in [0.15, 0.2) is 23.1 Å². The van der Waals surface area contributed by atoms with Crippen LogP contribution in [0.4, 0.5) is 10.1 Å². The second kappa shape index (κ2) is 11.1. The molecule has 3 aliphatic rings. The van der Waals surface area contributed by atoms with Crippen LogP contribution in [-0.4, -0.2) is 68.7 Å². The molecule has 9 heteroatoms. The molecule has 5 rings (SSSR count). The van der Waals surface area contributed by atoms with Crippen LogP contribution >= 0.6 is 0 Å². The number of halogens is 1. The van der Waals surface area contributed by atoms with E-state index in [1.807, 2.05) is 32.9 Å². The summed E-state index contributed by atoms with van der Waals surface area (Å²) in [5, 5.41) is 9.00. The van der Waals surface area contributed by atoms with Crippen molar-refractivity contribution < 1.29 is 28.1 Å². The number of fused-ring (bicyclic) bond motifs is 3. The van der Waals surface area contributed by atoms with Gasteiger partial charge in [0.2, 0.25) is 0 Å². The number of nitrogens with one attached hydrogen (secondary N) is 1. The van der Waals surface area contributed by atoms with Gasteiger partial charge in [0.1, 0.15) is 11.6 Å². The molecule has 2 aromatic carbocycles. The van der Waals surface area contributed by atoms with Crippen LogP contribution in [0.25, 0.3) is 0 Å². The van der Waals surface area contributed by atoms with E-state index in [0.29, 0.717) is 23.5 Å². The topological polar surface area (TPSA) is 84.3 Å². The SMILES string of the molecule is CCOc1cc2c(c(F)c1OCC)C(=N)N(CC(=O)c1cc(N3C[C@H]4CC[C@@H](C3)O4)c(OC)c(C(C)(C)C)c1)C2(C)C. The van der Waals surface area contributed by atoms with Crippen molar-refractivity contribution in [1.29, 1.82) is 5.41 Å². The van der Waals surface area contributed by atoms with Crippen molar-refractivity contribution in [3.05, 3.63) is 46.3 Å². The van der Waals surface area contributed by atoms with Gasteiger partial charge in [-0.3, -0.25) is 10.2 Å². The molecule has 2 atom stereocenters. The molecule has 0 saturated carbocycles. The minimum Gasteiger partial charge on any atom is -0.494 e. The molecule has 42 heavy (non-hydrogen) atoms. The molecular formula is C33H44FN3O5. The van der Waals surface area contributed by atoms with Gasteiger partial charge in [-0.1, -0.05) is 20.8 Å². The molecule has 2 aromatic rings. The number of rotatable bonds is 9. The summed E-state index contributed by atoms with van der Waals surface area (Å²) in [7, 11) is 1.68. The maximum atomic E-state index is 15.9. The molecule has 0 unspecified atom stereocenters. The molecule has 0 aliphatic carbocycles. The first-order valence-electron chi connectivity index (χ1n) is 15.0. The lowest BCUT2D eigenvalue weighted by Crippen LogP contribution is -2.43. The lowest BCUT2D eigenvalue weighted by Gasteiger charge is -2.37. The van der Waals surface area contributed by atoms with Crippen LogP contribution in [0.2, 0.25) is 0 Å². The second-order valence-corrected chi connectivity index (χ2v) is 12.9. The Kier molecular flexibility index (Phi) is 7.94. The number of anilines is 1. The third-order valence-corrected chi connectivity index (χ3v) is 8.71. The number of amidine groups is 1. The fourth-order valence-electron chi connectivity index (χ4n) is 6.53. The Morgan fingerprint density at radius 3 is 2.29 bits per heavy atom. The number of hydrogen-bond acceptors (Lipinski definition) is 7. The lowest BCUT2D eigenvalue weighted by molar-refractivity contribution is 0.0303. The zero-order valence-corrected chi connectivity index (χ0v) is 26.2. The summed E-state index contributed by atoms with van der Waals surface area (Å²) >= 11 is 0. The van der Waals surface area contributed by atoms with Gasteiger partial charge in [-0.05, 0) is 69.7 Å². The molecule has 3 aliphatic heterocycles. The summed E-state index contributed by atoms with van der Waals surface area (Å²) in [5.74, 6) is 0.256. The van der Waals surface area contributed by atoms with Crippen LogP contribution in [0, 0.1) is 11.2 Å². The number of carbonyl (C=O) groups is 1. The zero-order chi connectivity index (χ0) is 30.6. The molecule has 2 fully saturated rings. The van der Waals surface area contributed by atoms with Crippen molar-refractivity contribution in [2.75, 3.05) is 44.9 Å². The first-order valence-corrected chi connectivity index (χ1v) is 15.0. The molecule has 0 aromatic heterocycles. The molecule has 2 saturated heterocycles. The Labute approximate surface area is 248 Å². The summed E-state index contributed by atoms with van der Waals surface area (Å²) in [6, 6.07) is 5.59. The Morgan fingerprint density at radius 1 is 1.07 bits per heavy atom. The second-order valence-electron chi connectivity index (χ2n) is 12.9. The summed E-state index contributed by atoms with van der Waals surface area (Å²) < 4.78 is 39.3. The highest BCUT2D eigenvalue weighted by atomic mass is 19.1. The van der Waals surface area contributed by atoms with Gasteiger partial charge in [-0.15, -0.1) is 0 Å². The van der Waals surface area contributed by atoms with Crippen molar-refractivity contribution in [2.45, 2.75) is 84.5 Å². The Balaban J connectivity index is 1.53. The van der Waals surface area contributed by atoms with Crippen LogP contribution < -0.4 is 19.1 Å². The Hall–Kier alpha value is -3.33. The van der Waals surface area contributed by atoms with E-state index >= 15 is 4.39 Å². The number of benzene rings is 2. The molecule has 228 valence electrons.